The summed E-state index contributed by atoms with van der Waals surface area (Å²) in [5.41, 5.74) is 2.83. The van der Waals surface area contributed by atoms with Crippen LogP contribution in [0, 0.1) is 11.3 Å². The lowest BCUT2D eigenvalue weighted by Gasteiger charge is -2.08. The first-order chi connectivity index (χ1) is 13.5. The molecule has 6 heteroatoms. The Kier molecular flexibility index (Phi) is 8.99. The van der Waals surface area contributed by atoms with Crippen molar-refractivity contribution >= 4 is 10.1 Å². The number of rotatable bonds is 12. The molecule has 0 radical (unpaired) electrons. The number of nitriles is 1. The molecule has 2 aromatic carbocycles. The van der Waals surface area contributed by atoms with Gasteiger partial charge in [-0.25, -0.2) is 0 Å². The standard InChI is InChI=1S/C22H27NO4S/c1-28(24,25)27-17-7-5-3-2-4-6-16-26-22-14-12-21(13-15-22)20-10-8-19(18-23)9-11-20/h8-15H,2-7,16-17H2,1H3. The third kappa shape index (κ3) is 8.55. The maximum Gasteiger partial charge on any atom is 0.264 e. The van der Waals surface area contributed by atoms with Gasteiger partial charge in [-0.15, -0.1) is 0 Å². The Bertz CT molecular complexity index is 853. The molecule has 0 heterocycles. The fourth-order valence-corrected chi connectivity index (χ4v) is 3.21. The first-order valence-corrected chi connectivity index (χ1v) is 11.4. The van der Waals surface area contributed by atoms with E-state index in [0.29, 0.717) is 12.2 Å². The number of nitrogens with zero attached hydrogens (tertiary/aromatic N) is 1. The number of benzene rings is 2. The Morgan fingerprint density at radius 2 is 1.29 bits per heavy atom. The smallest absolute Gasteiger partial charge is 0.264 e. The van der Waals surface area contributed by atoms with Gasteiger partial charge in [-0.2, -0.15) is 13.7 Å². The molecule has 0 fully saturated rings. The summed E-state index contributed by atoms with van der Waals surface area (Å²) in [7, 11) is -3.30. The monoisotopic (exact) mass is 401 g/mol. The van der Waals surface area contributed by atoms with Crippen molar-refractivity contribution in [2.45, 2.75) is 38.5 Å². The first kappa shape index (κ1) is 21.9. The van der Waals surface area contributed by atoms with E-state index in [2.05, 4.69) is 6.07 Å². The van der Waals surface area contributed by atoms with Gasteiger partial charge in [0.1, 0.15) is 5.75 Å². The highest BCUT2D eigenvalue weighted by Crippen LogP contribution is 2.23. The number of unbranched alkanes of at least 4 members (excludes halogenated alkanes) is 5. The van der Waals surface area contributed by atoms with Crippen molar-refractivity contribution in [3.63, 3.8) is 0 Å². The van der Waals surface area contributed by atoms with Crippen molar-refractivity contribution in [1.82, 2.24) is 0 Å². The van der Waals surface area contributed by atoms with Crippen molar-refractivity contribution in [2.75, 3.05) is 19.5 Å². The topological polar surface area (TPSA) is 76.4 Å². The minimum atomic E-state index is -3.30. The van der Waals surface area contributed by atoms with E-state index in [1.54, 1.807) is 0 Å². The lowest BCUT2D eigenvalue weighted by molar-refractivity contribution is 0.299. The van der Waals surface area contributed by atoms with Crippen LogP contribution in [0.5, 0.6) is 5.75 Å². The summed E-state index contributed by atoms with van der Waals surface area (Å²) in [6.45, 7) is 0.966. The quantitative estimate of drug-likeness (QED) is 0.373. The molecule has 0 bridgehead atoms. The van der Waals surface area contributed by atoms with E-state index in [0.717, 1.165) is 61.7 Å². The maximum absolute atomic E-state index is 10.8. The third-order valence-corrected chi connectivity index (χ3v) is 4.90. The second kappa shape index (κ2) is 11.5. The van der Waals surface area contributed by atoms with Gasteiger partial charge < -0.3 is 4.74 Å². The van der Waals surface area contributed by atoms with Crippen molar-refractivity contribution < 1.29 is 17.3 Å². The molecule has 2 aromatic rings. The Morgan fingerprint density at radius 1 is 0.786 bits per heavy atom. The van der Waals surface area contributed by atoms with E-state index < -0.39 is 10.1 Å². The molecule has 28 heavy (non-hydrogen) atoms. The van der Waals surface area contributed by atoms with Crippen molar-refractivity contribution in [2.24, 2.45) is 0 Å². The van der Waals surface area contributed by atoms with E-state index in [9.17, 15) is 8.42 Å². The van der Waals surface area contributed by atoms with Crippen LogP contribution in [0.1, 0.15) is 44.1 Å². The van der Waals surface area contributed by atoms with Gasteiger partial charge in [0, 0.05) is 0 Å². The van der Waals surface area contributed by atoms with Crippen LogP contribution in [0.2, 0.25) is 0 Å². The van der Waals surface area contributed by atoms with Crippen molar-refractivity contribution in [3.05, 3.63) is 54.1 Å². The molecule has 2 rings (SSSR count). The highest BCUT2D eigenvalue weighted by Gasteiger charge is 2.01. The molecular weight excluding hydrogens is 374 g/mol. The summed E-state index contributed by atoms with van der Waals surface area (Å²) in [6.07, 6.45) is 7.11. The molecule has 0 aliphatic heterocycles. The average molecular weight is 402 g/mol. The minimum Gasteiger partial charge on any atom is -0.494 e. The molecule has 0 spiro atoms. The fraction of sp³-hybridized carbons (Fsp3) is 0.409. The molecule has 0 aliphatic rings. The van der Waals surface area contributed by atoms with Gasteiger partial charge in [-0.1, -0.05) is 49.9 Å². The van der Waals surface area contributed by atoms with Crippen LogP contribution >= 0.6 is 0 Å². The Hall–Kier alpha value is -2.36. The van der Waals surface area contributed by atoms with Crippen LogP contribution in [0.3, 0.4) is 0 Å². The van der Waals surface area contributed by atoms with Crippen LogP contribution in [0.4, 0.5) is 0 Å². The largest absolute Gasteiger partial charge is 0.494 e. The van der Waals surface area contributed by atoms with Gasteiger partial charge in [-0.05, 0) is 48.2 Å². The van der Waals surface area contributed by atoms with E-state index in [4.69, 9.17) is 14.2 Å². The lowest BCUT2D eigenvalue weighted by atomic mass is 10.0. The van der Waals surface area contributed by atoms with Crippen LogP contribution in [0.15, 0.2) is 48.5 Å². The van der Waals surface area contributed by atoms with Crippen molar-refractivity contribution in [3.8, 4) is 22.9 Å². The van der Waals surface area contributed by atoms with Crippen LogP contribution in [0.25, 0.3) is 11.1 Å². The zero-order valence-electron chi connectivity index (χ0n) is 16.3. The normalized spacial score (nSPS) is 11.1. The second-order valence-electron chi connectivity index (χ2n) is 6.71. The predicted molar refractivity (Wildman–Crippen MR) is 111 cm³/mol. The molecular formula is C22H27NO4S. The summed E-state index contributed by atoms with van der Waals surface area (Å²) in [5, 5.41) is 8.86. The summed E-state index contributed by atoms with van der Waals surface area (Å²) in [5.74, 6) is 0.857. The van der Waals surface area contributed by atoms with Gasteiger partial charge in [0.25, 0.3) is 10.1 Å². The zero-order chi connectivity index (χ0) is 20.2. The van der Waals surface area contributed by atoms with Crippen molar-refractivity contribution in [1.29, 1.82) is 5.26 Å². The van der Waals surface area contributed by atoms with Gasteiger partial charge in [0.15, 0.2) is 0 Å². The Labute approximate surface area is 168 Å². The van der Waals surface area contributed by atoms with Crippen LogP contribution in [-0.2, 0) is 14.3 Å². The molecule has 0 amide bonds. The van der Waals surface area contributed by atoms with Crippen LogP contribution < -0.4 is 4.74 Å². The zero-order valence-corrected chi connectivity index (χ0v) is 17.1. The Balaban J connectivity index is 1.58. The number of hydrogen-bond donors (Lipinski definition) is 0. The lowest BCUT2D eigenvalue weighted by Crippen LogP contribution is -2.03. The molecule has 5 nitrogen and oxygen atoms in total. The number of hydrogen-bond acceptors (Lipinski definition) is 5. The van der Waals surface area contributed by atoms with E-state index in [-0.39, 0.29) is 6.61 Å². The predicted octanol–water partition coefficient (Wildman–Crippen LogP) is 4.92. The Morgan fingerprint density at radius 3 is 1.82 bits per heavy atom. The molecule has 0 aliphatic carbocycles. The average Bonchev–Trinajstić information content (AvgIpc) is 2.69. The molecule has 0 N–H and O–H groups in total. The molecule has 0 atom stereocenters. The molecule has 150 valence electrons. The fourth-order valence-electron chi connectivity index (χ4n) is 2.79. The molecule has 0 saturated carbocycles. The summed E-state index contributed by atoms with van der Waals surface area (Å²) in [6, 6.07) is 17.6. The minimum absolute atomic E-state index is 0.278. The first-order valence-electron chi connectivity index (χ1n) is 9.56. The molecule has 0 saturated heterocycles. The highest BCUT2D eigenvalue weighted by atomic mass is 32.2. The SMILES string of the molecule is CS(=O)(=O)OCCCCCCCCOc1ccc(-c2ccc(C#N)cc2)cc1. The summed E-state index contributed by atoms with van der Waals surface area (Å²) in [4.78, 5) is 0. The maximum atomic E-state index is 10.8. The highest BCUT2D eigenvalue weighted by molar-refractivity contribution is 7.85. The molecule has 0 aromatic heterocycles. The summed E-state index contributed by atoms with van der Waals surface area (Å²) >= 11 is 0. The van der Waals surface area contributed by atoms with E-state index in [1.807, 2.05) is 48.5 Å². The second-order valence-corrected chi connectivity index (χ2v) is 8.35. The molecule has 0 unspecified atom stereocenters. The summed E-state index contributed by atoms with van der Waals surface area (Å²) < 4.78 is 32.1. The third-order valence-electron chi connectivity index (χ3n) is 4.31. The number of ether oxygens (including phenoxy) is 1. The van der Waals surface area contributed by atoms with Gasteiger partial charge in [0.2, 0.25) is 0 Å². The van der Waals surface area contributed by atoms with E-state index in [1.165, 1.54) is 0 Å². The van der Waals surface area contributed by atoms with Gasteiger partial charge in [-0.3, -0.25) is 4.18 Å². The van der Waals surface area contributed by atoms with E-state index >= 15 is 0 Å². The van der Waals surface area contributed by atoms with Gasteiger partial charge in [0.05, 0.1) is 31.1 Å². The van der Waals surface area contributed by atoms with Crippen LogP contribution in [-0.4, -0.2) is 27.9 Å². The van der Waals surface area contributed by atoms with Gasteiger partial charge >= 0.3 is 0 Å².